The van der Waals surface area contributed by atoms with Gasteiger partial charge in [0.05, 0.1) is 33.9 Å². The van der Waals surface area contributed by atoms with Crippen LogP contribution in [0.4, 0.5) is 0 Å². The van der Waals surface area contributed by atoms with E-state index in [1.54, 1.807) is 7.05 Å². The molecule has 10 heteroatoms. The maximum Gasteiger partial charge on any atom is 0.319 e. The minimum atomic E-state index is -0.945. The molecule has 1 aliphatic heterocycles. The van der Waals surface area contributed by atoms with Gasteiger partial charge in [0.25, 0.3) is 0 Å². The van der Waals surface area contributed by atoms with Crippen molar-refractivity contribution in [1.29, 1.82) is 0 Å². The Hall–Kier alpha value is -2.04. The maximum absolute atomic E-state index is 11.8. The predicted molar refractivity (Wildman–Crippen MR) is 99.8 cm³/mol. The number of carboxylic acid groups (broad SMARTS) is 1. The Balaban J connectivity index is 3.21. The summed E-state index contributed by atoms with van der Waals surface area (Å²) in [5, 5.41) is 9.23. The number of carboxylic acids is 1. The number of ketones is 1. The summed E-state index contributed by atoms with van der Waals surface area (Å²) in [5.41, 5.74) is -0.734. The highest BCUT2D eigenvalue weighted by Gasteiger charge is 2.41. The number of aliphatic carboxylic acids is 1. The van der Waals surface area contributed by atoms with Crippen molar-refractivity contribution in [2.24, 2.45) is 0 Å². The van der Waals surface area contributed by atoms with E-state index in [0.29, 0.717) is 26.2 Å². The number of rotatable bonds is 10. The van der Waals surface area contributed by atoms with Crippen LogP contribution in [0.2, 0.25) is 0 Å². The molecule has 0 spiro atoms. The fourth-order valence-electron chi connectivity index (χ4n) is 3.52. The topological polar surface area (TPSA) is 117 Å². The zero-order chi connectivity index (χ0) is 21.3. The molecule has 0 aromatic heterocycles. The largest absolute Gasteiger partial charge is 0.481 e. The van der Waals surface area contributed by atoms with Crippen LogP contribution in [0.1, 0.15) is 19.8 Å². The number of ether oxygens (including phenoxy) is 2. The quantitative estimate of drug-likeness (QED) is 0.460. The number of hydrogen-bond acceptors (Lipinski definition) is 9. The Morgan fingerprint density at radius 3 is 1.82 bits per heavy atom. The highest BCUT2D eigenvalue weighted by atomic mass is 16.5. The van der Waals surface area contributed by atoms with E-state index >= 15 is 0 Å². The third kappa shape index (κ3) is 7.53. The van der Waals surface area contributed by atoms with Crippen LogP contribution in [0.25, 0.3) is 0 Å². The lowest BCUT2D eigenvalue weighted by Gasteiger charge is -2.44. The lowest BCUT2D eigenvalue weighted by Crippen LogP contribution is -2.59. The van der Waals surface area contributed by atoms with Crippen LogP contribution in [-0.4, -0.2) is 116 Å². The van der Waals surface area contributed by atoms with Crippen molar-refractivity contribution in [3.8, 4) is 0 Å². The molecule has 0 atom stereocenters. The SMILES string of the molecule is COC(=O)CN1CCN(CC(=O)OC)CC(CCC(=O)O)(N(C)CC(C)=O)C1. The Labute approximate surface area is 165 Å². The molecule has 1 heterocycles. The van der Waals surface area contributed by atoms with E-state index in [4.69, 9.17) is 9.47 Å². The van der Waals surface area contributed by atoms with Gasteiger partial charge in [0.1, 0.15) is 5.78 Å². The predicted octanol–water partition coefficient (Wildman–Crippen LogP) is -0.926. The smallest absolute Gasteiger partial charge is 0.319 e. The number of carbonyl (C=O) groups is 4. The summed E-state index contributed by atoms with van der Waals surface area (Å²) in [6.07, 6.45) is 0.168. The monoisotopic (exact) mass is 401 g/mol. The molecule has 0 aliphatic carbocycles. The van der Waals surface area contributed by atoms with E-state index in [0.717, 1.165) is 0 Å². The van der Waals surface area contributed by atoms with E-state index in [9.17, 15) is 24.3 Å². The van der Waals surface area contributed by atoms with Crippen molar-refractivity contribution in [2.75, 3.05) is 67.1 Å². The third-order valence-corrected chi connectivity index (χ3v) is 5.00. The molecule has 1 saturated heterocycles. The molecule has 0 radical (unpaired) electrons. The average Bonchev–Trinajstić information content (AvgIpc) is 2.79. The molecule has 0 bridgehead atoms. The first-order valence-electron chi connectivity index (χ1n) is 9.12. The number of carbonyl (C=O) groups excluding carboxylic acids is 3. The van der Waals surface area contributed by atoms with Gasteiger partial charge in [0, 0.05) is 38.1 Å². The molecule has 1 N–H and O–H groups in total. The Kier molecular flexibility index (Phi) is 9.50. The van der Waals surface area contributed by atoms with Crippen LogP contribution >= 0.6 is 0 Å². The number of methoxy groups -OCH3 is 2. The molecular weight excluding hydrogens is 370 g/mol. The number of esters is 2. The first-order valence-corrected chi connectivity index (χ1v) is 9.12. The van der Waals surface area contributed by atoms with E-state index in [-0.39, 0.29) is 38.3 Å². The van der Waals surface area contributed by atoms with Crippen LogP contribution in [0.5, 0.6) is 0 Å². The van der Waals surface area contributed by atoms with E-state index < -0.39 is 23.4 Å². The van der Waals surface area contributed by atoms with Gasteiger partial charge in [0.2, 0.25) is 0 Å². The van der Waals surface area contributed by atoms with Gasteiger partial charge in [-0.1, -0.05) is 0 Å². The van der Waals surface area contributed by atoms with Crippen molar-refractivity contribution in [3.05, 3.63) is 0 Å². The highest BCUT2D eigenvalue weighted by molar-refractivity contribution is 5.77. The molecule has 1 rings (SSSR count). The zero-order valence-corrected chi connectivity index (χ0v) is 17.1. The third-order valence-electron chi connectivity index (χ3n) is 5.00. The molecule has 10 nitrogen and oxygen atoms in total. The van der Waals surface area contributed by atoms with Crippen molar-refractivity contribution in [3.63, 3.8) is 0 Å². The van der Waals surface area contributed by atoms with Crippen molar-refractivity contribution in [2.45, 2.75) is 25.3 Å². The van der Waals surface area contributed by atoms with Gasteiger partial charge in [-0.2, -0.15) is 0 Å². The summed E-state index contributed by atoms with van der Waals surface area (Å²) >= 11 is 0. The Morgan fingerprint density at radius 2 is 1.46 bits per heavy atom. The molecule has 1 fully saturated rings. The van der Waals surface area contributed by atoms with Crippen LogP contribution in [0.15, 0.2) is 0 Å². The summed E-state index contributed by atoms with van der Waals surface area (Å²) < 4.78 is 9.53. The summed E-state index contributed by atoms with van der Waals surface area (Å²) in [4.78, 5) is 52.2. The molecule has 0 aromatic rings. The van der Waals surface area contributed by atoms with Crippen molar-refractivity contribution < 1.29 is 33.8 Å². The van der Waals surface area contributed by atoms with Crippen LogP contribution in [0, 0.1) is 0 Å². The van der Waals surface area contributed by atoms with Crippen LogP contribution in [-0.2, 0) is 28.7 Å². The first kappa shape index (κ1) is 24.0. The number of nitrogens with zero attached hydrogens (tertiary/aromatic N) is 3. The van der Waals surface area contributed by atoms with Crippen LogP contribution < -0.4 is 0 Å². The van der Waals surface area contributed by atoms with Gasteiger partial charge in [-0.3, -0.25) is 33.9 Å². The van der Waals surface area contributed by atoms with Gasteiger partial charge in [-0.05, 0) is 20.4 Å². The fourth-order valence-corrected chi connectivity index (χ4v) is 3.52. The standard InChI is InChI=1S/C18H31N3O7/c1-14(22)9-19(2)18(6-5-15(23)24)12-20(10-16(25)27-3)7-8-21(13-18)11-17(26)28-4/h5-13H2,1-4H3,(H,23,24). The second kappa shape index (κ2) is 11.1. The Bertz CT molecular complexity index is 554. The van der Waals surface area contributed by atoms with Gasteiger partial charge in [0.15, 0.2) is 0 Å². The highest BCUT2D eigenvalue weighted by Crippen LogP contribution is 2.26. The number of likely N-dealkylation sites (N-methyl/N-ethyl adjacent to an activating group) is 1. The summed E-state index contributed by atoms with van der Waals surface area (Å²) in [7, 11) is 4.38. The van der Waals surface area contributed by atoms with Gasteiger partial charge in [-0.15, -0.1) is 0 Å². The number of Topliss-reactive ketones (excluding diaryl/α,β-unsaturated/α-hetero) is 1. The van der Waals surface area contributed by atoms with Crippen molar-refractivity contribution >= 4 is 23.7 Å². The van der Waals surface area contributed by atoms with Gasteiger partial charge < -0.3 is 14.6 Å². The molecule has 0 saturated carbocycles. The van der Waals surface area contributed by atoms with E-state index in [2.05, 4.69) is 0 Å². The van der Waals surface area contributed by atoms with Crippen molar-refractivity contribution in [1.82, 2.24) is 14.7 Å². The minimum absolute atomic E-state index is 0.0469. The normalized spacial score (nSPS) is 17.8. The summed E-state index contributed by atoms with van der Waals surface area (Å²) in [6, 6.07) is 0. The van der Waals surface area contributed by atoms with Crippen LogP contribution in [0.3, 0.4) is 0 Å². The second-order valence-corrected chi connectivity index (χ2v) is 7.25. The molecule has 0 aromatic carbocycles. The zero-order valence-electron chi connectivity index (χ0n) is 17.1. The van der Waals surface area contributed by atoms with Gasteiger partial charge in [-0.25, -0.2) is 0 Å². The summed E-state index contributed by atoms with van der Waals surface area (Å²) in [5.74, 6) is -1.80. The lowest BCUT2D eigenvalue weighted by atomic mass is 9.89. The van der Waals surface area contributed by atoms with Gasteiger partial charge >= 0.3 is 17.9 Å². The lowest BCUT2D eigenvalue weighted by molar-refractivity contribution is -0.143. The molecular formula is C18H31N3O7. The summed E-state index contributed by atoms with van der Waals surface area (Å²) in [6.45, 7) is 3.43. The Morgan fingerprint density at radius 1 is 1.00 bits per heavy atom. The molecule has 0 unspecified atom stereocenters. The molecule has 160 valence electrons. The van der Waals surface area contributed by atoms with E-state index in [1.807, 2.05) is 14.7 Å². The number of hydrogen-bond donors (Lipinski definition) is 1. The average molecular weight is 401 g/mol. The second-order valence-electron chi connectivity index (χ2n) is 7.25. The molecule has 1 aliphatic rings. The molecule has 0 amide bonds. The van der Waals surface area contributed by atoms with E-state index in [1.165, 1.54) is 21.1 Å². The maximum atomic E-state index is 11.8. The first-order chi connectivity index (χ1) is 13.1. The fraction of sp³-hybridized carbons (Fsp3) is 0.778. The minimum Gasteiger partial charge on any atom is -0.481 e. The molecule has 28 heavy (non-hydrogen) atoms.